The van der Waals surface area contributed by atoms with Gasteiger partial charge in [-0.15, -0.1) is 0 Å². The fourth-order valence-electron chi connectivity index (χ4n) is 1.51. The molecule has 2 aromatic rings. The summed E-state index contributed by atoms with van der Waals surface area (Å²) in [6.07, 6.45) is 1.64. The second-order valence-electron chi connectivity index (χ2n) is 3.77. The summed E-state index contributed by atoms with van der Waals surface area (Å²) < 4.78 is 6.05. The minimum absolute atomic E-state index is 0.339. The highest BCUT2D eigenvalue weighted by Gasteiger charge is 2.03. The number of hydrogen-bond acceptors (Lipinski definition) is 4. The zero-order valence-corrected chi connectivity index (χ0v) is 12.6. The quantitative estimate of drug-likeness (QED) is 0.838. The van der Waals surface area contributed by atoms with Crippen LogP contribution in [0.25, 0.3) is 0 Å². The van der Waals surface area contributed by atoms with Crippen molar-refractivity contribution < 1.29 is 4.74 Å². The SMILES string of the molecule is COc1ccc(Nc2ccc(C(N)=S)cn2)cc1Br. The van der Waals surface area contributed by atoms with Crippen LogP contribution in [0.1, 0.15) is 5.56 Å². The van der Waals surface area contributed by atoms with Crippen molar-refractivity contribution in [3.63, 3.8) is 0 Å². The topological polar surface area (TPSA) is 60.2 Å². The van der Waals surface area contributed by atoms with Gasteiger partial charge in [-0.1, -0.05) is 12.2 Å². The first-order chi connectivity index (χ1) is 9.10. The second kappa shape index (κ2) is 5.99. The third-order valence-electron chi connectivity index (χ3n) is 2.47. The Balaban J connectivity index is 2.16. The number of pyridine rings is 1. The average Bonchev–Trinajstić information content (AvgIpc) is 2.39. The number of hydrogen-bond donors (Lipinski definition) is 2. The van der Waals surface area contributed by atoms with Crippen LogP contribution >= 0.6 is 28.1 Å². The van der Waals surface area contributed by atoms with E-state index in [2.05, 4.69) is 26.2 Å². The number of thiocarbonyl (C=S) groups is 1. The van der Waals surface area contributed by atoms with Gasteiger partial charge >= 0.3 is 0 Å². The highest BCUT2D eigenvalue weighted by molar-refractivity contribution is 9.10. The van der Waals surface area contributed by atoms with Crippen LogP contribution in [0.15, 0.2) is 41.0 Å². The molecule has 0 unspecified atom stereocenters. The Morgan fingerprint density at radius 3 is 2.68 bits per heavy atom. The number of benzene rings is 1. The van der Waals surface area contributed by atoms with E-state index in [-0.39, 0.29) is 0 Å². The van der Waals surface area contributed by atoms with Gasteiger partial charge in [0.2, 0.25) is 0 Å². The largest absolute Gasteiger partial charge is 0.496 e. The van der Waals surface area contributed by atoms with E-state index in [0.717, 1.165) is 27.3 Å². The van der Waals surface area contributed by atoms with E-state index in [4.69, 9.17) is 22.7 Å². The lowest BCUT2D eigenvalue weighted by Gasteiger charge is -2.09. The van der Waals surface area contributed by atoms with Gasteiger partial charge in [0.25, 0.3) is 0 Å². The van der Waals surface area contributed by atoms with E-state index in [0.29, 0.717) is 4.99 Å². The van der Waals surface area contributed by atoms with Crippen molar-refractivity contribution in [3.8, 4) is 5.75 Å². The van der Waals surface area contributed by atoms with Gasteiger partial charge < -0.3 is 15.8 Å². The molecule has 6 heteroatoms. The number of nitrogens with zero attached hydrogens (tertiary/aromatic N) is 1. The molecule has 0 bridgehead atoms. The molecule has 1 aromatic carbocycles. The normalized spacial score (nSPS) is 10.0. The third kappa shape index (κ3) is 3.42. The number of aromatic nitrogens is 1. The molecule has 19 heavy (non-hydrogen) atoms. The van der Waals surface area contributed by atoms with Crippen LogP contribution in [0.5, 0.6) is 5.75 Å². The molecule has 0 radical (unpaired) electrons. The van der Waals surface area contributed by atoms with Gasteiger partial charge in [0, 0.05) is 17.4 Å². The van der Waals surface area contributed by atoms with Crippen LogP contribution in [0.4, 0.5) is 11.5 Å². The van der Waals surface area contributed by atoms with Crippen LogP contribution in [0.3, 0.4) is 0 Å². The maximum Gasteiger partial charge on any atom is 0.133 e. The van der Waals surface area contributed by atoms with E-state index in [1.165, 1.54) is 0 Å². The Morgan fingerprint density at radius 1 is 1.37 bits per heavy atom. The molecule has 98 valence electrons. The van der Waals surface area contributed by atoms with E-state index in [1.54, 1.807) is 13.3 Å². The van der Waals surface area contributed by atoms with Gasteiger partial charge in [0.1, 0.15) is 16.6 Å². The molecule has 0 atom stereocenters. The Kier molecular flexibility index (Phi) is 4.34. The average molecular weight is 338 g/mol. The highest BCUT2D eigenvalue weighted by Crippen LogP contribution is 2.28. The zero-order chi connectivity index (χ0) is 13.8. The molecule has 4 nitrogen and oxygen atoms in total. The molecule has 0 aliphatic carbocycles. The number of methoxy groups -OCH3 is 1. The summed E-state index contributed by atoms with van der Waals surface area (Å²) in [6.45, 7) is 0. The minimum atomic E-state index is 0.339. The van der Waals surface area contributed by atoms with Gasteiger partial charge in [0.15, 0.2) is 0 Å². The van der Waals surface area contributed by atoms with Gasteiger partial charge in [0.05, 0.1) is 11.6 Å². The molecule has 0 aliphatic heterocycles. The zero-order valence-electron chi connectivity index (χ0n) is 10.2. The van der Waals surface area contributed by atoms with Crippen molar-refractivity contribution in [2.24, 2.45) is 5.73 Å². The lowest BCUT2D eigenvalue weighted by molar-refractivity contribution is 0.412. The Bertz CT molecular complexity index is 601. The smallest absolute Gasteiger partial charge is 0.133 e. The summed E-state index contributed by atoms with van der Waals surface area (Å²) in [4.78, 5) is 4.58. The lowest BCUT2D eigenvalue weighted by atomic mass is 10.2. The van der Waals surface area contributed by atoms with Gasteiger partial charge in [-0.3, -0.25) is 0 Å². The van der Waals surface area contributed by atoms with Crippen LogP contribution in [0.2, 0.25) is 0 Å². The van der Waals surface area contributed by atoms with Crippen LogP contribution in [-0.4, -0.2) is 17.1 Å². The summed E-state index contributed by atoms with van der Waals surface area (Å²) >= 11 is 8.31. The molecule has 3 N–H and O–H groups in total. The number of nitrogens with one attached hydrogen (secondary N) is 1. The Labute approximate surface area is 125 Å². The molecule has 0 fully saturated rings. The summed E-state index contributed by atoms with van der Waals surface area (Å²) in [5.74, 6) is 1.50. The van der Waals surface area contributed by atoms with Crippen LogP contribution in [-0.2, 0) is 0 Å². The molecular formula is C13H12BrN3OS. The summed E-state index contributed by atoms with van der Waals surface area (Å²) in [7, 11) is 1.63. The maximum absolute atomic E-state index is 5.52. The van der Waals surface area contributed by atoms with Crippen molar-refractivity contribution in [1.82, 2.24) is 4.98 Å². The van der Waals surface area contributed by atoms with Gasteiger partial charge in [-0.05, 0) is 46.3 Å². The predicted octanol–water partition coefficient (Wildman–Crippen LogP) is 3.23. The van der Waals surface area contributed by atoms with Crippen molar-refractivity contribution >= 4 is 44.6 Å². The summed E-state index contributed by atoms with van der Waals surface area (Å²) in [6, 6.07) is 9.35. The van der Waals surface area contributed by atoms with E-state index in [9.17, 15) is 0 Å². The van der Waals surface area contributed by atoms with E-state index < -0.39 is 0 Å². The van der Waals surface area contributed by atoms with Crippen molar-refractivity contribution in [2.45, 2.75) is 0 Å². The van der Waals surface area contributed by atoms with Crippen molar-refractivity contribution in [3.05, 3.63) is 46.6 Å². The molecule has 0 saturated heterocycles. The first-order valence-corrected chi connectivity index (χ1v) is 6.66. The Hall–Kier alpha value is -1.66. The van der Waals surface area contributed by atoms with Crippen molar-refractivity contribution in [2.75, 3.05) is 12.4 Å². The molecule has 2 rings (SSSR count). The standard InChI is InChI=1S/C13H12BrN3OS/c1-18-11-4-3-9(6-10(11)14)17-12-5-2-8(7-16-12)13(15)19/h2-7H,1H3,(H2,15,19)(H,16,17). The monoisotopic (exact) mass is 337 g/mol. The number of halogens is 1. The summed E-state index contributed by atoms with van der Waals surface area (Å²) in [5.41, 5.74) is 7.17. The van der Waals surface area contributed by atoms with Crippen LogP contribution in [0, 0.1) is 0 Å². The number of ether oxygens (including phenoxy) is 1. The maximum atomic E-state index is 5.52. The molecule has 0 aliphatic rings. The summed E-state index contributed by atoms with van der Waals surface area (Å²) in [5, 5.41) is 3.18. The molecule has 1 heterocycles. The Morgan fingerprint density at radius 2 is 2.16 bits per heavy atom. The first kappa shape index (κ1) is 13.8. The minimum Gasteiger partial charge on any atom is -0.496 e. The first-order valence-electron chi connectivity index (χ1n) is 5.46. The fraction of sp³-hybridized carbons (Fsp3) is 0.0769. The lowest BCUT2D eigenvalue weighted by Crippen LogP contribution is -2.09. The van der Waals surface area contributed by atoms with Gasteiger partial charge in [-0.2, -0.15) is 0 Å². The third-order valence-corrected chi connectivity index (χ3v) is 3.33. The molecule has 0 saturated carbocycles. The molecule has 1 aromatic heterocycles. The number of rotatable bonds is 4. The van der Waals surface area contributed by atoms with Gasteiger partial charge in [-0.25, -0.2) is 4.98 Å². The molecule has 0 spiro atoms. The second-order valence-corrected chi connectivity index (χ2v) is 5.06. The van der Waals surface area contributed by atoms with Crippen LogP contribution < -0.4 is 15.8 Å². The fourth-order valence-corrected chi connectivity index (χ4v) is 2.17. The highest BCUT2D eigenvalue weighted by atomic mass is 79.9. The number of nitrogens with two attached hydrogens (primary N) is 1. The van der Waals surface area contributed by atoms with Crippen molar-refractivity contribution in [1.29, 1.82) is 0 Å². The number of anilines is 2. The predicted molar refractivity (Wildman–Crippen MR) is 84.1 cm³/mol. The van der Waals surface area contributed by atoms with E-state index >= 15 is 0 Å². The van der Waals surface area contributed by atoms with E-state index in [1.807, 2.05) is 30.3 Å². The molecular weight excluding hydrogens is 326 g/mol. The molecule has 0 amide bonds.